The van der Waals surface area contributed by atoms with Gasteiger partial charge in [0.1, 0.15) is 12.4 Å². The summed E-state index contributed by atoms with van der Waals surface area (Å²) < 4.78 is 43.0. The highest BCUT2D eigenvalue weighted by Crippen LogP contribution is 2.31. The molecule has 9 heteroatoms. The van der Waals surface area contributed by atoms with Crippen LogP contribution in [-0.2, 0) is 6.18 Å². The average molecular weight is 405 g/mol. The summed E-state index contributed by atoms with van der Waals surface area (Å²) in [5.41, 5.74) is 0.206. The number of ether oxygens (including phenoxy) is 1. The molecule has 0 aliphatic rings. The maximum Gasteiger partial charge on any atom is 0.416 e. The van der Waals surface area contributed by atoms with Crippen LogP contribution in [0.1, 0.15) is 16.1 Å². The van der Waals surface area contributed by atoms with Crippen LogP contribution in [0.15, 0.2) is 47.8 Å². The highest BCUT2D eigenvalue weighted by molar-refractivity contribution is 7.13. The third-order valence-corrected chi connectivity index (χ3v) is 4.43. The van der Waals surface area contributed by atoms with Gasteiger partial charge in [-0.15, -0.1) is 11.3 Å². The number of thiophene rings is 1. The van der Waals surface area contributed by atoms with Crippen LogP contribution < -0.4 is 10.1 Å². The second-order valence-electron chi connectivity index (χ2n) is 5.49. The number of benzene rings is 1. The molecule has 28 heavy (non-hydrogen) atoms. The molecule has 2 N–H and O–H groups in total. The number of H-pyrrole nitrogens is 1. The smallest absolute Gasteiger partial charge is 0.416 e. The fourth-order valence-corrected chi connectivity index (χ4v) is 2.90. The van der Waals surface area contributed by atoms with Gasteiger partial charge in [-0.25, -0.2) is 0 Å². The molecule has 2 aromatic heterocycles. The second-order valence-corrected chi connectivity index (χ2v) is 6.44. The SMILES string of the molecule is O=C(NCC#CCOc1cccc(C(F)(F)F)c1)c1cc(-c2cccs2)[nH]n1. The molecule has 0 bridgehead atoms. The van der Waals surface area contributed by atoms with Gasteiger partial charge < -0.3 is 10.1 Å². The number of carbonyl (C=O) groups is 1. The summed E-state index contributed by atoms with van der Waals surface area (Å²) in [6, 6.07) is 10.0. The Morgan fingerprint density at radius 3 is 2.82 bits per heavy atom. The first kappa shape index (κ1) is 19.5. The van der Waals surface area contributed by atoms with Crippen molar-refractivity contribution in [3.05, 3.63) is 59.1 Å². The van der Waals surface area contributed by atoms with E-state index in [2.05, 4.69) is 27.4 Å². The molecule has 0 saturated heterocycles. The van der Waals surface area contributed by atoms with Crippen LogP contribution in [-0.4, -0.2) is 29.3 Å². The standard InChI is InChI=1S/C19H14F3N3O2S/c20-19(21,22)13-5-3-6-14(11-13)27-9-2-1-8-23-18(26)16-12-15(24-25-16)17-7-4-10-28-17/h3-7,10-12H,8-9H2,(H,23,26)(H,24,25). The lowest BCUT2D eigenvalue weighted by atomic mass is 10.2. The van der Waals surface area contributed by atoms with Crippen LogP contribution in [0, 0.1) is 11.8 Å². The van der Waals surface area contributed by atoms with Crippen molar-refractivity contribution in [3.8, 4) is 28.2 Å². The molecular formula is C19H14F3N3O2S. The Bertz CT molecular complexity index is 1000. The molecule has 144 valence electrons. The first-order valence-corrected chi connectivity index (χ1v) is 8.95. The zero-order valence-electron chi connectivity index (χ0n) is 14.3. The number of alkyl halides is 3. The molecule has 0 saturated carbocycles. The van der Waals surface area contributed by atoms with E-state index in [4.69, 9.17) is 4.74 Å². The number of halogens is 3. The number of nitrogens with zero attached hydrogens (tertiary/aromatic N) is 1. The number of carbonyl (C=O) groups excluding carboxylic acids is 1. The first-order chi connectivity index (χ1) is 13.4. The third-order valence-electron chi connectivity index (χ3n) is 3.53. The zero-order valence-corrected chi connectivity index (χ0v) is 15.2. The van der Waals surface area contributed by atoms with E-state index in [1.807, 2.05) is 17.5 Å². The van der Waals surface area contributed by atoms with Gasteiger partial charge in [-0.05, 0) is 35.7 Å². The minimum absolute atomic E-state index is 0.0615. The van der Waals surface area contributed by atoms with Gasteiger partial charge in [-0.1, -0.05) is 24.0 Å². The number of amides is 1. The van der Waals surface area contributed by atoms with E-state index in [1.165, 1.54) is 23.5 Å². The van der Waals surface area contributed by atoms with Crippen LogP contribution in [0.25, 0.3) is 10.6 Å². The quantitative estimate of drug-likeness (QED) is 0.632. The lowest BCUT2D eigenvalue weighted by molar-refractivity contribution is -0.137. The van der Waals surface area contributed by atoms with Crippen LogP contribution in [0.5, 0.6) is 5.75 Å². The van der Waals surface area contributed by atoms with E-state index >= 15 is 0 Å². The number of hydrogen-bond acceptors (Lipinski definition) is 4. The molecule has 3 aromatic rings. The molecule has 3 rings (SSSR count). The number of nitrogens with one attached hydrogen (secondary N) is 2. The Morgan fingerprint density at radius 1 is 1.21 bits per heavy atom. The van der Waals surface area contributed by atoms with Gasteiger partial charge >= 0.3 is 6.18 Å². The summed E-state index contributed by atoms with van der Waals surface area (Å²) in [5, 5.41) is 11.3. The molecule has 0 aliphatic heterocycles. The van der Waals surface area contributed by atoms with Gasteiger partial charge in [-0.3, -0.25) is 9.89 Å². The fraction of sp³-hybridized carbons (Fsp3) is 0.158. The molecule has 0 fully saturated rings. The Kier molecular flexibility index (Phi) is 6.01. The number of rotatable bonds is 5. The fourth-order valence-electron chi connectivity index (χ4n) is 2.21. The summed E-state index contributed by atoms with van der Waals surface area (Å²) >= 11 is 1.53. The highest BCUT2D eigenvalue weighted by atomic mass is 32.1. The van der Waals surface area contributed by atoms with Crippen LogP contribution in [0.4, 0.5) is 13.2 Å². The van der Waals surface area contributed by atoms with Crippen LogP contribution in [0.2, 0.25) is 0 Å². The molecule has 0 atom stereocenters. The largest absolute Gasteiger partial charge is 0.481 e. The predicted octanol–water partition coefficient (Wildman–Crippen LogP) is 3.97. The van der Waals surface area contributed by atoms with Crippen molar-refractivity contribution < 1.29 is 22.7 Å². The lowest BCUT2D eigenvalue weighted by Gasteiger charge is -2.08. The van der Waals surface area contributed by atoms with E-state index < -0.39 is 11.7 Å². The molecule has 1 aromatic carbocycles. The van der Waals surface area contributed by atoms with Gasteiger partial charge in [0, 0.05) is 0 Å². The molecule has 2 heterocycles. The summed E-state index contributed by atoms with van der Waals surface area (Å²) in [7, 11) is 0. The van der Waals surface area contributed by atoms with Crippen molar-refractivity contribution in [1.29, 1.82) is 0 Å². The summed E-state index contributed by atoms with van der Waals surface area (Å²) in [5.74, 6) is 4.99. The van der Waals surface area contributed by atoms with Gasteiger partial charge in [-0.2, -0.15) is 18.3 Å². The minimum Gasteiger partial charge on any atom is -0.481 e. The molecule has 0 aliphatic carbocycles. The van der Waals surface area contributed by atoms with Crippen molar-refractivity contribution in [1.82, 2.24) is 15.5 Å². The number of aromatic nitrogens is 2. The first-order valence-electron chi connectivity index (χ1n) is 8.07. The van der Waals surface area contributed by atoms with Gasteiger partial charge in [0.2, 0.25) is 0 Å². The molecular weight excluding hydrogens is 391 g/mol. The summed E-state index contributed by atoms with van der Waals surface area (Å²) in [6.45, 7) is -0.0336. The van der Waals surface area contributed by atoms with Gasteiger partial charge in [0.25, 0.3) is 5.91 Å². The maximum absolute atomic E-state index is 12.6. The molecule has 0 unspecified atom stereocenters. The van der Waals surface area contributed by atoms with Crippen LogP contribution in [0.3, 0.4) is 0 Å². The lowest BCUT2D eigenvalue weighted by Crippen LogP contribution is -2.24. The predicted molar refractivity (Wildman–Crippen MR) is 98.9 cm³/mol. The average Bonchev–Trinajstić information content (AvgIpc) is 3.35. The normalized spacial score (nSPS) is 10.8. The molecule has 0 spiro atoms. The highest BCUT2D eigenvalue weighted by Gasteiger charge is 2.30. The van der Waals surface area contributed by atoms with E-state index in [-0.39, 0.29) is 30.5 Å². The van der Waals surface area contributed by atoms with Crippen molar-refractivity contribution in [2.75, 3.05) is 13.2 Å². The molecule has 1 amide bonds. The van der Waals surface area contributed by atoms with Crippen molar-refractivity contribution >= 4 is 17.2 Å². The van der Waals surface area contributed by atoms with Crippen molar-refractivity contribution in [2.45, 2.75) is 6.18 Å². The Balaban J connectivity index is 1.45. The van der Waals surface area contributed by atoms with E-state index in [0.29, 0.717) is 0 Å². The Hall–Kier alpha value is -3.25. The zero-order chi connectivity index (χ0) is 20.0. The van der Waals surface area contributed by atoms with Gasteiger partial charge in [0.05, 0.1) is 22.7 Å². The monoisotopic (exact) mass is 405 g/mol. The third kappa shape index (κ3) is 5.14. The summed E-state index contributed by atoms with van der Waals surface area (Å²) in [6.07, 6.45) is -4.43. The second kappa shape index (κ2) is 8.63. The van der Waals surface area contributed by atoms with Crippen molar-refractivity contribution in [3.63, 3.8) is 0 Å². The minimum atomic E-state index is -4.43. The summed E-state index contributed by atoms with van der Waals surface area (Å²) in [4.78, 5) is 13.0. The van der Waals surface area contributed by atoms with E-state index in [1.54, 1.807) is 6.07 Å². The number of aromatic amines is 1. The maximum atomic E-state index is 12.6. The topological polar surface area (TPSA) is 67.0 Å². The molecule has 5 nitrogen and oxygen atoms in total. The Labute approximate surface area is 162 Å². The van der Waals surface area contributed by atoms with E-state index in [0.717, 1.165) is 22.7 Å². The van der Waals surface area contributed by atoms with E-state index in [9.17, 15) is 18.0 Å². The number of hydrogen-bond donors (Lipinski definition) is 2. The Morgan fingerprint density at radius 2 is 2.07 bits per heavy atom. The van der Waals surface area contributed by atoms with Gasteiger partial charge in [0.15, 0.2) is 5.69 Å². The molecule has 0 radical (unpaired) electrons. The van der Waals surface area contributed by atoms with Crippen molar-refractivity contribution in [2.24, 2.45) is 0 Å². The van der Waals surface area contributed by atoms with Crippen LogP contribution >= 0.6 is 11.3 Å².